The van der Waals surface area contributed by atoms with Crippen molar-refractivity contribution in [2.24, 2.45) is 11.7 Å². The van der Waals surface area contributed by atoms with Crippen molar-refractivity contribution in [2.75, 3.05) is 0 Å². The Morgan fingerprint density at radius 1 is 0.860 bits per heavy atom. The molecule has 0 saturated heterocycles. The van der Waals surface area contributed by atoms with Crippen LogP contribution < -0.4 is 11.1 Å². The summed E-state index contributed by atoms with van der Waals surface area (Å²) in [5.41, 5.74) is 9.37. The first-order valence-electron chi connectivity index (χ1n) is 15.5. The Kier molecular flexibility index (Phi) is 12.5. The number of nitrogens with two attached hydrogens (primary N) is 1. The van der Waals surface area contributed by atoms with Crippen molar-refractivity contribution in [3.63, 3.8) is 0 Å². The van der Waals surface area contributed by atoms with Gasteiger partial charge in [-0.05, 0) is 81.4 Å². The Morgan fingerprint density at radius 3 is 2.00 bits per heavy atom. The number of ether oxygens (including phenoxy) is 1. The van der Waals surface area contributed by atoms with Crippen molar-refractivity contribution < 1.29 is 18.8 Å². The van der Waals surface area contributed by atoms with Gasteiger partial charge in [-0.15, -0.1) is 0 Å². The lowest BCUT2D eigenvalue weighted by Crippen LogP contribution is -2.53. The summed E-state index contributed by atoms with van der Waals surface area (Å²) in [6.07, 6.45) is 2.25. The number of carbonyl (C=O) groups excluding carboxylic acids is 2. The van der Waals surface area contributed by atoms with Gasteiger partial charge in [0.05, 0.1) is 17.8 Å². The maximum Gasteiger partial charge on any atom is 0.407 e. The first kappa shape index (κ1) is 34.0. The van der Waals surface area contributed by atoms with Gasteiger partial charge in [0, 0.05) is 17.7 Å². The molecular formula is C35H49N3O4Si. The number of nitrogens with zero attached hydrogens (tertiary/aromatic N) is 1. The van der Waals surface area contributed by atoms with E-state index in [1.165, 1.54) is 0 Å². The molecule has 0 saturated carbocycles. The number of hydrogen-bond acceptors (Lipinski definition) is 5. The third-order valence-corrected chi connectivity index (χ3v) is 12.8. The summed E-state index contributed by atoms with van der Waals surface area (Å²) in [6.45, 7) is 12.1. The van der Waals surface area contributed by atoms with Crippen LogP contribution in [0.3, 0.4) is 0 Å². The minimum absolute atomic E-state index is 0.380. The molecule has 0 unspecified atom stereocenters. The number of benzene rings is 2. The number of alkyl carbamates (subject to hydrolysis) is 1. The molecule has 3 N–H and O–H groups in total. The summed E-state index contributed by atoms with van der Waals surface area (Å²) in [5.74, 6) is -0.864. The van der Waals surface area contributed by atoms with E-state index in [9.17, 15) is 9.59 Å². The standard InChI is InChI=1S/C35H49N3O4Si/c1-7-43(8-2,9-3)42-32(31(24-26-15-11-10-12-16-26)38-34(40)41-35(4,5)6)25-29(33(36)39)23-27-18-20-28(21-19-27)30-17-13-14-22-37-30/h10-22,29,31-32H,7-9,23-25H2,1-6H3,(H2,36,39)(H,38,40)/t29-,31+,32+/m1/s1. The number of hydrogen-bond donors (Lipinski definition) is 2. The van der Waals surface area contributed by atoms with E-state index < -0.39 is 38.1 Å². The summed E-state index contributed by atoms with van der Waals surface area (Å²) < 4.78 is 12.8. The van der Waals surface area contributed by atoms with Crippen LogP contribution in [0.25, 0.3) is 11.3 Å². The lowest BCUT2D eigenvalue weighted by molar-refractivity contribution is -0.122. The van der Waals surface area contributed by atoms with Crippen molar-refractivity contribution in [3.8, 4) is 11.3 Å². The SMILES string of the molecule is CC[Si](CC)(CC)O[C@@H](C[C@@H](Cc1ccc(-c2ccccn2)cc1)C(N)=O)[C@H](Cc1ccccc1)NC(=O)OC(C)(C)C. The molecule has 0 aliphatic rings. The fourth-order valence-corrected chi connectivity index (χ4v) is 8.33. The Balaban J connectivity index is 1.94. The average Bonchev–Trinajstić information content (AvgIpc) is 2.99. The first-order valence-corrected chi connectivity index (χ1v) is 18.0. The van der Waals surface area contributed by atoms with Crippen LogP contribution in [0.2, 0.25) is 18.1 Å². The maximum atomic E-state index is 13.1. The van der Waals surface area contributed by atoms with Crippen LogP contribution in [-0.4, -0.2) is 43.0 Å². The van der Waals surface area contributed by atoms with E-state index in [0.717, 1.165) is 40.5 Å². The number of nitrogens with one attached hydrogen (secondary N) is 1. The summed E-state index contributed by atoms with van der Waals surface area (Å²) in [5, 5.41) is 3.13. The molecule has 232 valence electrons. The van der Waals surface area contributed by atoms with Crippen molar-refractivity contribution >= 4 is 20.3 Å². The molecule has 3 atom stereocenters. The molecule has 43 heavy (non-hydrogen) atoms. The van der Waals surface area contributed by atoms with Gasteiger partial charge in [-0.2, -0.15) is 0 Å². The van der Waals surface area contributed by atoms with E-state index in [1.54, 1.807) is 6.20 Å². The molecule has 8 heteroatoms. The summed E-state index contributed by atoms with van der Waals surface area (Å²) in [6, 6.07) is 26.4. The van der Waals surface area contributed by atoms with Crippen molar-refractivity contribution in [3.05, 3.63) is 90.1 Å². The molecule has 3 aromatic rings. The van der Waals surface area contributed by atoms with Crippen molar-refractivity contribution in [2.45, 2.75) is 96.7 Å². The molecule has 1 heterocycles. The van der Waals surface area contributed by atoms with Gasteiger partial charge >= 0.3 is 6.09 Å². The van der Waals surface area contributed by atoms with Crippen LogP contribution in [0.4, 0.5) is 4.79 Å². The number of carbonyl (C=O) groups is 2. The van der Waals surface area contributed by atoms with E-state index in [-0.39, 0.29) is 5.91 Å². The van der Waals surface area contributed by atoms with Crippen LogP contribution in [0.15, 0.2) is 79.0 Å². The van der Waals surface area contributed by atoms with E-state index in [2.05, 4.69) is 31.1 Å². The Labute approximate surface area is 258 Å². The van der Waals surface area contributed by atoms with Crippen LogP contribution in [0, 0.1) is 5.92 Å². The number of aromatic nitrogens is 1. The highest BCUT2D eigenvalue weighted by Crippen LogP contribution is 2.29. The van der Waals surface area contributed by atoms with Gasteiger partial charge < -0.3 is 20.2 Å². The van der Waals surface area contributed by atoms with Gasteiger partial charge in [-0.25, -0.2) is 4.79 Å². The van der Waals surface area contributed by atoms with Crippen LogP contribution in [-0.2, 0) is 26.8 Å². The molecule has 0 fully saturated rings. The molecule has 2 aromatic carbocycles. The van der Waals surface area contributed by atoms with Crippen LogP contribution in [0.5, 0.6) is 0 Å². The molecule has 7 nitrogen and oxygen atoms in total. The smallest absolute Gasteiger partial charge is 0.407 e. The fourth-order valence-electron chi connectivity index (χ4n) is 5.43. The molecular weight excluding hydrogens is 554 g/mol. The number of amides is 2. The van der Waals surface area contributed by atoms with Gasteiger partial charge in [0.25, 0.3) is 0 Å². The fraction of sp³-hybridized carbons (Fsp3) is 0.457. The third-order valence-electron chi connectivity index (χ3n) is 8.10. The lowest BCUT2D eigenvalue weighted by Gasteiger charge is -2.39. The predicted octanol–water partition coefficient (Wildman–Crippen LogP) is 7.31. The lowest BCUT2D eigenvalue weighted by atomic mass is 9.88. The molecule has 3 rings (SSSR count). The minimum Gasteiger partial charge on any atom is -0.444 e. The highest BCUT2D eigenvalue weighted by Gasteiger charge is 2.38. The molecule has 0 radical (unpaired) electrons. The third kappa shape index (κ3) is 10.6. The molecule has 0 bridgehead atoms. The summed E-state index contributed by atoms with van der Waals surface area (Å²) in [4.78, 5) is 30.5. The van der Waals surface area contributed by atoms with Gasteiger partial charge in [-0.1, -0.05) is 81.4 Å². The van der Waals surface area contributed by atoms with Gasteiger partial charge in [0.2, 0.25) is 5.91 Å². The van der Waals surface area contributed by atoms with Gasteiger partial charge in [0.15, 0.2) is 8.32 Å². The molecule has 2 amide bonds. The van der Waals surface area contributed by atoms with E-state index >= 15 is 0 Å². The van der Waals surface area contributed by atoms with E-state index in [1.807, 2.05) is 93.6 Å². The maximum absolute atomic E-state index is 13.1. The molecule has 0 aliphatic carbocycles. The Bertz CT molecular complexity index is 1270. The number of primary amides is 1. The monoisotopic (exact) mass is 603 g/mol. The topological polar surface area (TPSA) is 104 Å². The van der Waals surface area contributed by atoms with Crippen LogP contribution >= 0.6 is 0 Å². The summed E-state index contributed by atoms with van der Waals surface area (Å²) in [7, 11) is -2.15. The normalized spacial score (nSPS) is 14.0. The molecule has 0 aliphatic heterocycles. The number of pyridine rings is 1. The number of rotatable bonds is 15. The predicted molar refractivity (Wildman–Crippen MR) is 176 cm³/mol. The average molecular weight is 604 g/mol. The quantitative estimate of drug-likeness (QED) is 0.177. The zero-order valence-electron chi connectivity index (χ0n) is 26.6. The van der Waals surface area contributed by atoms with Crippen molar-refractivity contribution in [1.82, 2.24) is 10.3 Å². The highest BCUT2D eigenvalue weighted by molar-refractivity contribution is 6.73. The zero-order valence-corrected chi connectivity index (χ0v) is 27.6. The zero-order chi connectivity index (χ0) is 31.5. The minimum atomic E-state index is -2.15. The first-order chi connectivity index (χ1) is 20.5. The van der Waals surface area contributed by atoms with Gasteiger partial charge in [0.1, 0.15) is 5.60 Å². The Hall–Kier alpha value is -3.49. The van der Waals surface area contributed by atoms with E-state index in [0.29, 0.717) is 19.3 Å². The van der Waals surface area contributed by atoms with Crippen LogP contribution in [0.1, 0.15) is 59.1 Å². The summed E-state index contributed by atoms with van der Waals surface area (Å²) >= 11 is 0. The highest BCUT2D eigenvalue weighted by atomic mass is 28.4. The second-order valence-corrected chi connectivity index (χ2v) is 17.0. The molecule has 0 spiro atoms. The molecule has 1 aromatic heterocycles. The Morgan fingerprint density at radius 2 is 1.47 bits per heavy atom. The van der Waals surface area contributed by atoms with E-state index in [4.69, 9.17) is 14.9 Å². The largest absolute Gasteiger partial charge is 0.444 e. The van der Waals surface area contributed by atoms with Gasteiger partial charge in [-0.3, -0.25) is 9.78 Å². The second-order valence-electron chi connectivity index (χ2n) is 12.3. The second kappa shape index (κ2) is 15.8. The van der Waals surface area contributed by atoms with Crippen molar-refractivity contribution in [1.29, 1.82) is 0 Å².